The average Bonchev–Trinajstić information content (AvgIpc) is 2.11. The number of hydrogen-bond donors (Lipinski definition) is 3. The maximum Gasteiger partial charge on any atom is 0.422 e. The van der Waals surface area contributed by atoms with Gasteiger partial charge in [0, 0.05) is 0 Å². The van der Waals surface area contributed by atoms with Crippen LogP contribution in [0.3, 0.4) is 0 Å². The smallest absolute Gasteiger partial charge is 0.422 e. The highest BCUT2D eigenvalue weighted by Gasteiger charge is 2.30. The van der Waals surface area contributed by atoms with Crippen LogP contribution in [0.1, 0.15) is 6.42 Å². The molecule has 0 aliphatic rings. The zero-order valence-electron chi connectivity index (χ0n) is 8.28. The standard InChI is InChI=1S/C7H9F3N2O5/c8-7(9,10)2-17-6(16)12-3(5(14)15)1-4(11)13/h3H,1-2H2,(H2,11,13)(H,12,16)(H,14,15)/t3-/m0/s1. The number of rotatable bonds is 5. The Balaban J connectivity index is 4.22. The number of nitrogens with one attached hydrogen (secondary N) is 1. The molecule has 98 valence electrons. The number of aliphatic carboxylic acids is 1. The molecule has 1 atom stereocenters. The molecule has 0 heterocycles. The predicted molar refractivity (Wildman–Crippen MR) is 45.8 cm³/mol. The number of carboxylic acid groups (broad SMARTS) is 1. The number of carboxylic acids is 1. The van der Waals surface area contributed by atoms with Crippen LogP contribution < -0.4 is 11.1 Å². The van der Waals surface area contributed by atoms with E-state index in [0.717, 1.165) is 0 Å². The number of nitrogens with two attached hydrogens (primary N) is 1. The van der Waals surface area contributed by atoms with Gasteiger partial charge >= 0.3 is 18.2 Å². The van der Waals surface area contributed by atoms with Crippen molar-refractivity contribution in [2.24, 2.45) is 5.73 Å². The average molecular weight is 258 g/mol. The van der Waals surface area contributed by atoms with Crippen LogP contribution in [0.4, 0.5) is 18.0 Å². The molecule has 10 heteroatoms. The summed E-state index contributed by atoms with van der Waals surface area (Å²) in [5, 5.41) is 10.1. The predicted octanol–water partition coefficient (Wildman–Crippen LogP) is -0.397. The molecule has 7 nitrogen and oxygen atoms in total. The maximum absolute atomic E-state index is 11.6. The summed E-state index contributed by atoms with van der Waals surface area (Å²) in [5.41, 5.74) is 4.68. The molecule has 0 unspecified atom stereocenters. The Labute approximate surface area is 92.7 Å². The van der Waals surface area contributed by atoms with Gasteiger partial charge in [-0.05, 0) is 0 Å². The zero-order valence-corrected chi connectivity index (χ0v) is 8.28. The largest absolute Gasteiger partial charge is 0.480 e. The number of alkyl carbamates (subject to hydrolysis) is 1. The van der Waals surface area contributed by atoms with Gasteiger partial charge in [0.25, 0.3) is 0 Å². The van der Waals surface area contributed by atoms with Crippen LogP contribution in [0.25, 0.3) is 0 Å². The van der Waals surface area contributed by atoms with Crippen molar-refractivity contribution in [3.63, 3.8) is 0 Å². The molecule has 0 saturated carbocycles. The lowest BCUT2D eigenvalue weighted by atomic mass is 10.2. The third-order valence-electron chi connectivity index (χ3n) is 1.36. The summed E-state index contributed by atoms with van der Waals surface area (Å²) >= 11 is 0. The molecule has 0 spiro atoms. The van der Waals surface area contributed by atoms with Crippen molar-refractivity contribution in [3.8, 4) is 0 Å². The van der Waals surface area contributed by atoms with Crippen molar-refractivity contribution in [1.29, 1.82) is 0 Å². The molecule has 2 amide bonds. The van der Waals surface area contributed by atoms with Crippen LogP contribution in [0.15, 0.2) is 0 Å². The Kier molecular flexibility index (Phi) is 5.22. The molecule has 0 fully saturated rings. The van der Waals surface area contributed by atoms with Crippen molar-refractivity contribution in [2.45, 2.75) is 18.6 Å². The van der Waals surface area contributed by atoms with Crippen molar-refractivity contribution >= 4 is 18.0 Å². The summed E-state index contributed by atoms with van der Waals surface area (Å²) in [6, 6.07) is -1.73. The number of primary amides is 1. The minimum Gasteiger partial charge on any atom is -0.480 e. The number of hydrogen-bond acceptors (Lipinski definition) is 4. The Morgan fingerprint density at radius 2 is 1.88 bits per heavy atom. The number of carbonyl (C=O) groups excluding carboxylic acids is 2. The second-order valence-corrected chi connectivity index (χ2v) is 2.90. The molecule has 0 rings (SSSR count). The van der Waals surface area contributed by atoms with Gasteiger partial charge in [-0.2, -0.15) is 13.2 Å². The number of carbonyl (C=O) groups is 3. The van der Waals surface area contributed by atoms with Crippen LogP contribution in [-0.4, -0.2) is 41.9 Å². The van der Waals surface area contributed by atoms with E-state index in [0.29, 0.717) is 0 Å². The summed E-state index contributed by atoms with van der Waals surface area (Å²) in [4.78, 5) is 31.6. The van der Waals surface area contributed by atoms with Crippen molar-refractivity contribution in [2.75, 3.05) is 6.61 Å². The van der Waals surface area contributed by atoms with Crippen molar-refractivity contribution in [1.82, 2.24) is 5.32 Å². The Hall–Kier alpha value is -2.00. The molecular formula is C7H9F3N2O5. The molecule has 0 aliphatic heterocycles. The summed E-state index contributed by atoms with van der Waals surface area (Å²) in [7, 11) is 0. The lowest BCUT2D eigenvalue weighted by molar-refractivity contribution is -0.160. The van der Waals surface area contributed by atoms with E-state index in [2.05, 4.69) is 10.5 Å². The van der Waals surface area contributed by atoms with Gasteiger partial charge in [0.1, 0.15) is 6.04 Å². The van der Waals surface area contributed by atoms with Gasteiger partial charge in [-0.1, -0.05) is 0 Å². The minimum atomic E-state index is -4.72. The number of alkyl halides is 3. The SMILES string of the molecule is NC(=O)C[C@H](NC(=O)OCC(F)(F)F)C(=O)O. The van der Waals surface area contributed by atoms with Crippen molar-refractivity contribution in [3.05, 3.63) is 0 Å². The van der Waals surface area contributed by atoms with E-state index >= 15 is 0 Å². The Bertz CT molecular complexity index is 317. The van der Waals surface area contributed by atoms with Crippen molar-refractivity contribution < 1.29 is 37.4 Å². The fourth-order valence-electron chi connectivity index (χ4n) is 0.733. The Morgan fingerprint density at radius 1 is 1.35 bits per heavy atom. The molecule has 0 aliphatic carbocycles. The highest BCUT2D eigenvalue weighted by atomic mass is 19.4. The van der Waals surface area contributed by atoms with E-state index in [-0.39, 0.29) is 0 Å². The first-order chi connectivity index (χ1) is 7.61. The van der Waals surface area contributed by atoms with Crippen LogP contribution >= 0.6 is 0 Å². The summed E-state index contributed by atoms with van der Waals surface area (Å²) in [5.74, 6) is -2.65. The van der Waals surface area contributed by atoms with Crippen LogP contribution in [0.2, 0.25) is 0 Å². The van der Waals surface area contributed by atoms with E-state index in [4.69, 9.17) is 5.11 Å². The molecule has 0 saturated heterocycles. The lowest BCUT2D eigenvalue weighted by Gasteiger charge is -2.13. The van der Waals surface area contributed by atoms with Crippen LogP contribution in [0.5, 0.6) is 0 Å². The molecule has 4 N–H and O–H groups in total. The van der Waals surface area contributed by atoms with E-state index in [1.54, 1.807) is 5.32 Å². The minimum absolute atomic E-state index is 0.754. The normalized spacial score (nSPS) is 12.6. The first-order valence-electron chi connectivity index (χ1n) is 4.13. The number of amides is 2. The highest BCUT2D eigenvalue weighted by molar-refractivity contribution is 5.86. The second kappa shape index (κ2) is 5.92. The number of ether oxygens (including phenoxy) is 1. The van der Waals surface area contributed by atoms with Gasteiger partial charge in [0.2, 0.25) is 5.91 Å². The molecule has 0 radical (unpaired) electrons. The first kappa shape index (κ1) is 15.0. The third-order valence-corrected chi connectivity index (χ3v) is 1.36. The summed E-state index contributed by atoms with van der Waals surface area (Å²) in [6.07, 6.45) is -7.08. The van der Waals surface area contributed by atoms with Gasteiger partial charge in [-0.25, -0.2) is 9.59 Å². The van der Waals surface area contributed by atoms with E-state index in [1.165, 1.54) is 0 Å². The van der Waals surface area contributed by atoms with Gasteiger partial charge in [-0.3, -0.25) is 4.79 Å². The van der Waals surface area contributed by atoms with Crippen LogP contribution in [-0.2, 0) is 14.3 Å². The molecule has 0 aromatic carbocycles. The van der Waals surface area contributed by atoms with E-state index in [1.807, 2.05) is 0 Å². The van der Waals surface area contributed by atoms with Gasteiger partial charge in [0.05, 0.1) is 6.42 Å². The molecule has 17 heavy (non-hydrogen) atoms. The third kappa shape index (κ3) is 7.88. The molecule has 0 aromatic heterocycles. The van der Waals surface area contributed by atoms with Gasteiger partial charge in [-0.15, -0.1) is 0 Å². The molecule has 0 aromatic rings. The highest BCUT2D eigenvalue weighted by Crippen LogP contribution is 2.14. The number of halogens is 3. The lowest BCUT2D eigenvalue weighted by Crippen LogP contribution is -2.44. The topological polar surface area (TPSA) is 119 Å². The van der Waals surface area contributed by atoms with Crippen LogP contribution in [0, 0.1) is 0 Å². The van der Waals surface area contributed by atoms with E-state index in [9.17, 15) is 27.6 Å². The monoisotopic (exact) mass is 258 g/mol. The zero-order chi connectivity index (χ0) is 13.6. The molecule has 0 bridgehead atoms. The van der Waals surface area contributed by atoms with Gasteiger partial charge < -0.3 is 20.9 Å². The maximum atomic E-state index is 11.6. The van der Waals surface area contributed by atoms with Gasteiger partial charge in [0.15, 0.2) is 6.61 Å². The van der Waals surface area contributed by atoms with E-state index < -0.39 is 43.2 Å². The second-order valence-electron chi connectivity index (χ2n) is 2.90. The Morgan fingerprint density at radius 3 is 2.24 bits per heavy atom. The molecular weight excluding hydrogens is 249 g/mol. The summed E-state index contributed by atoms with van der Waals surface area (Å²) in [6.45, 7) is -1.86. The summed E-state index contributed by atoms with van der Waals surface area (Å²) < 4.78 is 38.6. The fourth-order valence-corrected chi connectivity index (χ4v) is 0.733. The first-order valence-corrected chi connectivity index (χ1v) is 4.13. The fraction of sp³-hybridized carbons (Fsp3) is 0.571. The quantitative estimate of drug-likeness (QED) is 0.620.